The SMILES string of the molecule is C#CC(CCC)NC(=O)N(C)CC. The first-order valence-electron chi connectivity index (χ1n) is 4.63. The van der Waals surface area contributed by atoms with Gasteiger partial charge >= 0.3 is 6.03 Å². The molecule has 0 saturated heterocycles. The van der Waals surface area contributed by atoms with Crippen LogP contribution in [0, 0.1) is 12.3 Å². The van der Waals surface area contributed by atoms with Gasteiger partial charge in [-0.15, -0.1) is 6.42 Å². The third-order valence-electron chi connectivity index (χ3n) is 1.90. The molecule has 0 bridgehead atoms. The first-order chi connectivity index (χ1) is 6.15. The van der Waals surface area contributed by atoms with E-state index in [0.29, 0.717) is 6.54 Å². The molecular formula is C10H18N2O. The van der Waals surface area contributed by atoms with Crippen LogP contribution in [0.3, 0.4) is 0 Å². The second-order valence-electron chi connectivity index (χ2n) is 2.97. The highest BCUT2D eigenvalue weighted by molar-refractivity contribution is 5.74. The van der Waals surface area contributed by atoms with Crippen molar-refractivity contribution in [2.75, 3.05) is 13.6 Å². The van der Waals surface area contributed by atoms with Crippen LogP contribution >= 0.6 is 0 Å². The van der Waals surface area contributed by atoms with Crippen LogP contribution in [0.4, 0.5) is 4.79 Å². The van der Waals surface area contributed by atoms with Crippen LogP contribution in [-0.2, 0) is 0 Å². The number of carbonyl (C=O) groups is 1. The van der Waals surface area contributed by atoms with Crippen LogP contribution in [-0.4, -0.2) is 30.6 Å². The Labute approximate surface area is 80.5 Å². The van der Waals surface area contributed by atoms with Crippen LogP contribution in [0.2, 0.25) is 0 Å². The Kier molecular flexibility index (Phi) is 5.79. The monoisotopic (exact) mass is 182 g/mol. The molecule has 1 unspecified atom stereocenters. The van der Waals surface area contributed by atoms with E-state index in [2.05, 4.69) is 11.2 Å². The number of urea groups is 1. The van der Waals surface area contributed by atoms with E-state index in [9.17, 15) is 4.79 Å². The summed E-state index contributed by atoms with van der Waals surface area (Å²) in [7, 11) is 1.74. The van der Waals surface area contributed by atoms with Gasteiger partial charge in [-0.25, -0.2) is 4.79 Å². The zero-order valence-electron chi connectivity index (χ0n) is 8.63. The predicted octanol–water partition coefficient (Wildman–Crippen LogP) is 1.45. The Morgan fingerprint density at radius 3 is 2.62 bits per heavy atom. The molecule has 1 N–H and O–H groups in total. The number of nitrogens with zero attached hydrogens (tertiary/aromatic N) is 1. The van der Waals surface area contributed by atoms with E-state index in [4.69, 9.17) is 6.42 Å². The smallest absolute Gasteiger partial charge is 0.318 e. The molecule has 13 heavy (non-hydrogen) atoms. The molecule has 0 aromatic carbocycles. The molecule has 0 radical (unpaired) electrons. The van der Waals surface area contributed by atoms with Gasteiger partial charge in [0.05, 0.1) is 6.04 Å². The van der Waals surface area contributed by atoms with Crippen molar-refractivity contribution in [3.63, 3.8) is 0 Å². The van der Waals surface area contributed by atoms with Gasteiger partial charge in [-0.1, -0.05) is 19.3 Å². The van der Waals surface area contributed by atoms with E-state index in [-0.39, 0.29) is 12.1 Å². The third kappa shape index (κ3) is 4.41. The summed E-state index contributed by atoms with van der Waals surface area (Å²) in [6.07, 6.45) is 7.08. The average molecular weight is 182 g/mol. The van der Waals surface area contributed by atoms with Crippen molar-refractivity contribution in [3.05, 3.63) is 0 Å². The van der Waals surface area contributed by atoms with Crippen molar-refractivity contribution in [1.29, 1.82) is 0 Å². The van der Waals surface area contributed by atoms with E-state index in [1.807, 2.05) is 13.8 Å². The van der Waals surface area contributed by atoms with Crippen molar-refractivity contribution in [3.8, 4) is 12.3 Å². The lowest BCUT2D eigenvalue weighted by Gasteiger charge is -2.18. The molecule has 0 rings (SSSR count). The van der Waals surface area contributed by atoms with Gasteiger partial charge < -0.3 is 10.2 Å². The predicted molar refractivity (Wildman–Crippen MR) is 54.4 cm³/mol. The number of nitrogens with one attached hydrogen (secondary N) is 1. The molecule has 0 spiro atoms. The largest absolute Gasteiger partial charge is 0.328 e. The molecule has 3 nitrogen and oxygen atoms in total. The molecule has 0 aromatic rings. The first-order valence-corrected chi connectivity index (χ1v) is 4.63. The Morgan fingerprint density at radius 2 is 2.23 bits per heavy atom. The van der Waals surface area contributed by atoms with Crippen LogP contribution in [0.5, 0.6) is 0 Å². The lowest BCUT2D eigenvalue weighted by atomic mass is 10.2. The molecule has 1 atom stereocenters. The van der Waals surface area contributed by atoms with Gasteiger partial charge in [0.15, 0.2) is 0 Å². The van der Waals surface area contributed by atoms with Crippen molar-refractivity contribution in [1.82, 2.24) is 10.2 Å². The van der Waals surface area contributed by atoms with E-state index in [1.165, 1.54) is 0 Å². The second kappa shape index (κ2) is 6.36. The molecule has 0 aliphatic heterocycles. The van der Waals surface area contributed by atoms with Crippen molar-refractivity contribution >= 4 is 6.03 Å². The van der Waals surface area contributed by atoms with Gasteiger partial charge in [-0.3, -0.25) is 0 Å². The van der Waals surface area contributed by atoms with Crippen molar-refractivity contribution < 1.29 is 4.79 Å². The molecule has 0 aliphatic rings. The average Bonchev–Trinajstić information content (AvgIpc) is 2.15. The van der Waals surface area contributed by atoms with Gasteiger partial charge in [-0.2, -0.15) is 0 Å². The van der Waals surface area contributed by atoms with Crippen molar-refractivity contribution in [2.45, 2.75) is 32.7 Å². The lowest BCUT2D eigenvalue weighted by Crippen LogP contribution is -2.42. The summed E-state index contributed by atoms with van der Waals surface area (Å²) in [6, 6.07) is -0.231. The fraction of sp³-hybridized carbons (Fsp3) is 0.700. The van der Waals surface area contributed by atoms with E-state index < -0.39 is 0 Å². The fourth-order valence-corrected chi connectivity index (χ4v) is 0.889. The Hall–Kier alpha value is -1.17. The lowest BCUT2D eigenvalue weighted by molar-refractivity contribution is 0.208. The van der Waals surface area contributed by atoms with Crippen LogP contribution in [0.1, 0.15) is 26.7 Å². The molecular weight excluding hydrogens is 164 g/mol. The maximum atomic E-state index is 11.3. The van der Waals surface area contributed by atoms with Gasteiger partial charge in [0.2, 0.25) is 0 Å². The minimum absolute atomic E-state index is 0.0982. The highest BCUT2D eigenvalue weighted by Gasteiger charge is 2.10. The summed E-state index contributed by atoms with van der Waals surface area (Å²) in [5, 5.41) is 2.77. The van der Waals surface area contributed by atoms with Crippen molar-refractivity contribution in [2.24, 2.45) is 0 Å². The Morgan fingerprint density at radius 1 is 1.62 bits per heavy atom. The second-order valence-corrected chi connectivity index (χ2v) is 2.97. The summed E-state index contributed by atoms with van der Waals surface area (Å²) in [5.74, 6) is 2.55. The third-order valence-corrected chi connectivity index (χ3v) is 1.90. The van der Waals surface area contributed by atoms with Crippen LogP contribution in [0.15, 0.2) is 0 Å². The molecule has 74 valence electrons. The molecule has 2 amide bonds. The quantitative estimate of drug-likeness (QED) is 0.656. The number of terminal acetylenes is 1. The molecule has 0 fully saturated rings. The van der Waals surface area contributed by atoms with Gasteiger partial charge in [0.25, 0.3) is 0 Å². The Balaban J connectivity index is 3.95. The maximum Gasteiger partial charge on any atom is 0.318 e. The van der Waals surface area contributed by atoms with E-state index in [0.717, 1.165) is 12.8 Å². The first kappa shape index (κ1) is 11.8. The van der Waals surface area contributed by atoms with E-state index >= 15 is 0 Å². The number of hydrogen-bond donors (Lipinski definition) is 1. The fourth-order valence-electron chi connectivity index (χ4n) is 0.889. The van der Waals surface area contributed by atoms with Crippen LogP contribution in [0.25, 0.3) is 0 Å². The Bertz CT molecular complexity index is 196. The zero-order chi connectivity index (χ0) is 10.3. The molecule has 0 saturated carbocycles. The minimum Gasteiger partial charge on any atom is -0.328 e. The van der Waals surface area contributed by atoms with Gasteiger partial charge in [-0.05, 0) is 13.3 Å². The maximum absolute atomic E-state index is 11.3. The number of carbonyl (C=O) groups excluding carboxylic acids is 1. The summed E-state index contributed by atoms with van der Waals surface area (Å²) >= 11 is 0. The summed E-state index contributed by atoms with van der Waals surface area (Å²) in [4.78, 5) is 12.9. The normalized spacial score (nSPS) is 11.5. The molecule has 0 aliphatic carbocycles. The number of amides is 2. The standard InChI is InChI=1S/C10H18N2O/c1-5-8-9(6-2)11-10(13)12(4)7-3/h2,9H,5,7-8H2,1,3-4H3,(H,11,13). The summed E-state index contributed by atoms with van der Waals surface area (Å²) in [5.41, 5.74) is 0. The highest BCUT2D eigenvalue weighted by Crippen LogP contribution is 1.95. The van der Waals surface area contributed by atoms with Gasteiger partial charge in [0.1, 0.15) is 0 Å². The molecule has 0 heterocycles. The molecule has 3 heteroatoms. The highest BCUT2D eigenvalue weighted by atomic mass is 16.2. The topological polar surface area (TPSA) is 32.3 Å². The van der Waals surface area contributed by atoms with Gasteiger partial charge in [0, 0.05) is 13.6 Å². The zero-order valence-corrected chi connectivity index (χ0v) is 8.63. The number of hydrogen-bond acceptors (Lipinski definition) is 1. The minimum atomic E-state index is -0.133. The van der Waals surface area contributed by atoms with Crippen LogP contribution < -0.4 is 5.32 Å². The van der Waals surface area contributed by atoms with E-state index in [1.54, 1.807) is 11.9 Å². The number of rotatable bonds is 4. The summed E-state index contributed by atoms with van der Waals surface area (Å²) in [6.45, 7) is 4.65. The molecule has 0 aromatic heterocycles. The summed E-state index contributed by atoms with van der Waals surface area (Å²) < 4.78 is 0.